The number of fused-ring (bicyclic) bond motifs is 1. The molecule has 0 spiro atoms. The lowest BCUT2D eigenvalue weighted by atomic mass is 9.99. The standard InChI is InChI=1S/C21H16N4O4S/c22-14-6-3-5-13(11-14)16-12-18(21(26)27)24-20-15(16)7-4-8-17(20)25-30(28,29)19-9-1-2-10-23-19/h1-12,25H,22H2,(H,26,27). The Balaban J connectivity index is 1.94. The second-order valence-electron chi connectivity index (χ2n) is 6.46. The first-order chi connectivity index (χ1) is 14.3. The molecule has 0 aliphatic heterocycles. The van der Waals surface area contributed by atoms with Gasteiger partial charge in [-0.3, -0.25) is 4.72 Å². The predicted octanol–water partition coefficient (Wildman–Crippen LogP) is 3.38. The molecule has 150 valence electrons. The highest BCUT2D eigenvalue weighted by molar-refractivity contribution is 7.92. The molecule has 30 heavy (non-hydrogen) atoms. The molecule has 0 saturated carbocycles. The molecule has 0 aliphatic rings. The van der Waals surface area contributed by atoms with E-state index in [4.69, 9.17) is 5.73 Å². The molecule has 8 nitrogen and oxygen atoms in total. The van der Waals surface area contributed by atoms with Crippen molar-refractivity contribution in [2.45, 2.75) is 5.03 Å². The van der Waals surface area contributed by atoms with Crippen molar-refractivity contribution in [2.24, 2.45) is 0 Å². The van der Waals surface area contributed by atoms with Crippen LogP contribution in [0.1, 0.15) is 10.5 Å². The van der Waals surface area contributed by atoms with Crippen LogP contribution in [0.2, 0.25) is 0 Å². The van der Waals surface area contributed by atoms with Gasteiger partial charge in [-0.05, 0) is 47.5 Å². The number of para-hydroxylation sites is 1. The van der Waals surface area contributed by atoms with E-state index in [1.54, 1.807) is 48.5 Å². The van der Waals surface area contributed by atoms with Crippen LogP contribution in [-0.4, -0.2) is 29.5 Å². The number of nitrogens with two attached hydrogens (primary N) is 1. The lowest BCUT2D eigenvalue weighted by molar-refractivity contribution is 0.0691. The van der Waals surface area contributed by atoms with Gasteiger partial charge >= 0.3 is 5.97 Å². The van der Waals surface area contributed by atoms with Crippen molar-refractivity contribution >= 4 is 38.3 Å². The number of rotatable bonds is 5. The average Bonchev–Trinajstić information content (AvgIpc) is 2.73. The van der Waals surface area contributed by atoms with Gasteiger partial charge in [0.15, 0.2) is 5.03 Å². The number of benzene rings is 2. The molecule has 0 bridgehead atoms. The fourth-order valence-electron chi connectivity index (χ4n) is 3.09. The summed E-state index contributed by atoms with van der Waals surface area (Å²) in [4.78, 5) is 19.7. The number of nitrogen functional groups attached to an aromatic ring is 1. The van der Waals surface area contributed by atoms with Crippen LogP contribution in [0.5, 0.6) is 0 Å². The molecule has 0 atom stereocenters. The lowest BCUT2D eigenvalue weighted by Crippen LogP contribution is -2.15. The van der Waals surface area contributed by atoms with Gasteiger partial charge in [-0.2, -0.15) is 8.42 Å². The van der Waals surface area contributed by atoms with E-state index in [1.807, 2.05) is 0 Å². The van der Waals surface area contributed by atoms with Crippen molar-refractivity contribution in [3.63, 3.8) is 0 Å². The maximum absolute atomic E-state index is 12.7. The van der Waals surface area contributed by atoms with Gasteiger partial charge in [0, 0.05) is 17.3 Å². The van der Waals surface area contributed by atoms with Crippen molar-refractivity contribution < 1.29 is 18.3 Å². The molecule has 0 unspecified atom stereocenters. The van der Waals surface area contributed by atoms with E-state index in [2.05, 4.69) is 14.7 Å². The van der Waals surface area contributed by atoms with E-state index in [0.29, 0.717) is 22.2 Å². The van der Waals surface area contributed by atoms with Crippen molar-refractivity contribution in [1.29, 1.82) is 0 Å². The Bertz CT molecular complexity index is 1370. The van der Waals surface area contributed by atoms with Gasteiger partial charge < -0.3 is 10.8 Å². The number of sulfonamides is 1. The van der Waals surface area contributed by atoms with Gasteiger partial charge in [0.1, 0.15) is 5.69 Å². The second-order valence-corrected chi connectivity index (χ2v) is 8.09. The van der Waals surface area contributed by atoms with Crippen molar-refractivity contribution in [3.05, 3.63) is 78.6 Å². The van der Waals surface area contributed by atoms with Crippen LogP contribution in [-0.2, 0) is 10.0 Å². The molecular formula is C21H16N4O4S. The zero-order chi connectivity index (χ0) is 21.3. The lowest BCUT2D eigenvalue weighted by Gasteiger charge is -2.13. The summed E-state index contributed by atoms with van der Waals surface area (Å²) in [5.41, 5.74) is 7.79. The molecule has 0 aliphatic carbocycles. The number of hydrogen-bond donors (Lipinski definition) is 3. The quantitative estimate of drug-likeness (QED) is 0.421. The SMILES string of the molecule is Nc1cccc(-c2cc(C(=O)O)nc3c(NS(=O)(=O)c4ccccn4)cccc23)c1. The van der Waals surface area contributed by atoms with Gasteiger partial charge in [-0.15, -0.1) is 0 Å². The largest absolute Gasteiger partial charge is 0.477 e. The highest BCUT2D eigenvalue weighted by atomic mass is 32.2. The Labute approximate surface area is 172 Å². The number of carboxylic acid groups (broad SMARTS) is 1. The molecule has 0 amide bonds. The molecule has 9 heteroatoms. The summed E-state index contributed by atoms with van der Waals surface area (Å²) < 4.78 is 27.9. The van der Waals surface area contributed by atoms with Crippen molar-refractivity contribution in [1.82, 2.24) is 9.97 Å². The second kappa shape index (κ2) is 7.45. The van der Waals surface area contributed by atoms with Crippen LogP contribution < -0.4 is 10.5 Å². The van der Waals surface area contributed by atoms with Crippen molar-refractivity contribution in [3.8, 4) is 11.1 Å². The van der Waals surface area contributed by atoms with E-state index in [1.165, 1.54) is 24.4 Å². The summed E-state index contributed by atoms with van der Waals surface area (Å²) in [5, 5.41) is 9.95. The Morgan fingerprint density at radius 1 is 1.00 bits per heavy atom. The van der Waals surface area contributed by atoms with Crippen LogP contribution >= 0.6 is 0 Å². The van der Waals surface area contributed by atoms with E-state index in [-0.39, 0.29) is 21.9 Å². The van der Waals surface area contributed by atoms with Crippen LogP contribution in [0.4, 0.5) is 11.4 Å². The van der Waals surface area contributed by atoms with Gasteiger partial charge in [0.25, 0.3) is 10.0 Å². The number of carboxylic acids is 1. The number of aromatic carboxylic acids is 1. The Morgan fingerprint density at radius 2 is 1.80 bits per heavy atom. The number of pyridine rings is 2. The summed E-state index contributed by atoms with van der Waals surface area (Å²) in [6.45, 7) is 0. The van der Waals surface area contributed by atoms with Crippen LogP contribution in [0.3, 0.4) is 0 Å². The van der Waals surface area contributed by atoms with Gasteiger partial charge in [-0.1, -0.05) is 30.3 Å². The molecule has 4 rings (SSSR count). The minimum Gasteiger partial charge on any atom is -0.477 e. The summed E-state index contributed by atoms with van der Waals surface area (Å²) in [6, 6.07) is 17.9. The Kier molecular flexibility index (Phi) is 4.80. The fourth-order valence-corrected chi connectivity index (χ4v) is 4.10. The first kappa shape index (κ1) is 19.3. The molecule has 0 saturated heterocycles. The topological polar surface area (TPSA) is 135 Å². The summed E-state index contributed by atoms with van der Waals surface area (Å²) in [5.74, 6) is -1.23. The zero-order valence-corrected chi connectivity index (χ0v) is 16.3. The van der Waals surface area contributed by atoms with Gasteiger partial charge in [0.05, 0.1) is 11.2 Å². The minimum atomic E-state index is -3.99. The van der Waals surface area contributed by atoms with E-state index in [0.717, 1.165) is 0 Å². The zero-order valence-electron chi connectivity index (χ0n) is 15.5. The third-order valence-corrected chi connectivity index (χ3v) is 5.69. The van der Waals surface area contributed by atoms with Crippen LogP contribution in [0.25, 0.3) is 22.0 Å². The summed E-state index contributed by atoms with van der Waals surface area (Å²) in [7, 11) is -3.99. The Morgan fingerprint density at radius 3 is 2.50 bits per heavy atom. The number of hydrogen-bond acceptors (Lipinski definition) is 6. The third kappa shape index (κ3) is 3.65. The molecule has 2 aromatic heterocycles. The highest BCUT2D eigenvalue weighted by Gasteiger charge is 2.20. The first-order valence-electron chi connectivity index (χ1n) is 8.82. The molecule has 4 aromatic rings. The fraction of sp³-hybridized carbons (Fsp3) is 0. The maximum atomic E-state index is 12.7. The van der Waals surface area contributed by atoms with E-state index in [9.17, 15) is 18.3 Å². The smallest absolute Gasteiger partial charge is 0.354 e. The molecule has 4 N–H and O–H groups in total. The molecule has 2 aromatic carbocycles. The van der Waals surface area contributed by atoms with Crippen molar-refractivity contribution in [2.75, 3.05) is 10.5 Å². The monoisotopic (exact) mass is 420 g/mol. The molecule has 0 radical (unpaired) electrons. The number of carbonyl (C=O) groups is 1. The van der Waals surface area contributed by atoms with E-state index >= 15 is 0 Å². The number of nitrogens with zero attached hydrogens (tertiary/aromatic N) is 2. The number of anilines is 2. The third-order valence-electron chi connectivity index (χ3n) is 4.41. The molecule has 2 heterocycles. The molecule has 0 fully saturated rings. The Hall–Kier alpha value is -3.98. The first-order valence-corrected chi connectivity index (χ1v) is 10.3. The summed E-state index contributed by atoms with van der Waals surface area (Å²) >= 11 is 0. The normalized spacial score (nSPS) is 11.3. The van der Waals surface area contributed by atoms with Gasteiger partial charge in [-0.25, -0.2) is 14.8 Å². The summed E-state index contributed by atoms with van der Waals surface area (Å²) in [6.07, 6.45) is 1.37. The van der Waals surface area contributed by atoms with E-state index < -0.39 is 16.0 Å². The van der Waals surface area contributed by atoms with Gasteiger partial charge in [0.2, 0.25) is 0 Å². The number of aromatic nitrogens is 2. The average molecular weight is 420 g/mol. The highest BCUT2D eigenvalue weighted by Crippen LogP contribution is 2.33. The van der Waals surface area contributed by atoms with Crippen LogP contribution in [0.15, 0.2) is 78.0 Å². The number of nitrogens with one attached hydrogen (secondary N) is 1. The minimum absolute atomic E-state index is 0.145. The van der Waals surface area contributed by atoms with Crippen LogP contribution in [0, 0.1) is 0 Å². The molecular weight excluding hydrogens is 404 g/mol. The maximum Gasteiger partial charge on any atom is 0.354 e. The predicted molar refractivity (Wildman–Crippen MR) is 114 cm³/mol.